The van der Waals surface area contributed by atoms with Gasteiger partial charge in [-0.2, -0.15) is 5.10 Å². The second-order valence-corrected chi connectivity index (χ2v) is 7.38. The third kappa shape index (κ3) is 4.04. The number of hydrogen-bond donors (Lipinski definition) is 2. The van der Waals surface area contributed by atoms with Crippen LogP contribution in [-0.2, 0) is 4.74 Å². The zero-order valence-electron chi connectivity index (χ0n) is 15.6. The molecule has 3 heterocycles. The predicted molar refractivity (Wildman–Crippen MR) is 104 cm³/mol. The molecule has 0 saturated carbocycles. The van der Waals surface area contributed by atoms with Gasteiger partial charge in [0.2, 0.25) is 0 Å². The molecule has 1 fully saturated rings. The van der Waals surface area contributed by atoms with Crippen molar-refractivity contribution in [1.82, 2.24) is 15.2 Å². The van der Waals surface area contributed by atoms with E-state index >= 15 is 0 Å². The summed E-state index contributed by atoms with van der Waals surface area (Å²) in [5.41, 5.74) is 1.91. The van der Waals surface area contributed by atoms with Gasteiger partial charge in [0, 0.05) is 30.2 Å². The Kier molecular flexibility index (Phi) is 4.72. The average Bonchev–Trinajstić information content (AvgIpc) is 3.10. The van der Waals surface area contributed by atoms with Gasteiger partial charge in [0.15, 0.2) is 0 Å². The summed E-state index contributed by atoms with van der Waals surface area (Å²) < 4.78 is 11.2. The summed E-state index contributed by atoms with van der Waals surface area (Å²) in [4.78, 5) is 6.73. The Morgan fingerprint density at radius 2 is 2.04 bits per heavy atom. The highest BCUT2D eigenvalue weighted by Crippen LogP contribution is 2.31. The highest BCUT2D eigenvalue weighted by atomic mass is 16.5. The van der Waals surface area contributed by atoms with Crippen LogP contribution >= 0.6 is 0 Å². The van der Waals surface area contributed by atoms with Gasteiger partial charge in [0.05, 0.1) is 24.3 Å². The summed E-state index contributed by atoms with van der Waals surface area (Å²) >= 11 is 0. The van der Waals surface area contributed by atoms with Crippen LogP contribution in [0.2, 0.25) is 0 Å². The van der Waals surface area contributed by atoms with E-state index in [2.05, 4.69) is 26.1 Å². The van der Waals surface area contributed by atoms with E-state index in [1.165, 1.54) is 0 Å². The van der Waals surface area contributed by atoms with Crippen molar-refractivity contribution in [3.8, 4) is 17.0 Å². The first-order valence-corrected chi connectivity index (χ1v) is 9.12. The van der Waals surface area contributed by atoms with E-state index in [4.69, 9.17) is 9.47 Å². The first-order chi connectivity index (χ1) is 13.0. The molecule has 27 heavy (non-hydrogen) atoms. The van der Waals surface area contributed by atoms with Crippen LogP contribution in [0.5, 0.6) is 5.75 Å². The van der Waals surface area contributed by atoms with Gasteiger partial charge in [0.25, 0.3) is 0 Å². The Labute approximate surface area is 157 Å². The minimum absolute atomic E-state index is 0.224. The Bertz CT molecular complexity index is 926. The molecular weight excluding hydrogens is 344 g/mol. The highest BCUT2D eigenvalue weighted by Gasteiger charge is 2.16. The van der Waals surface area contributed by atoms with Gasteiger partial charge in [-0.05, 0) is 44.2 Å². The van der Waals surface area contributed by atoms with E-state index in [9.17, 15) is 5.11 Å². The minimum atomic E-state index is -0.883. The number of fused-ring (bicyclic) bond motifs is 1. The van der Waals surface area contributed by atoms with Crippen molar-refractivity contribution in [3.05, 3.63) is 36.5 Å². The van der Waals surface area contributed by atoms with E-state index in [0.29, 0.717) is 5.75 Å². The fourth-order valence-corrected chi connectivity index (χ4v) is 3.09. The second-order valence-electron chi connectivity index (χ2n) is 7.38. The first kappa shape index (κ1) is 17.8. The molecule has 0 spiro atoms. The summed E-state index contributed by atoms with van der Waals surface area (Å²) in [5, 5.41) is 18.4. The lowest BCUT2D eigenvalue weighted by Gasteiger charge is -2.27. The van der Waals surface area contributed by atoms with Gasteiger partial charge in [-0.25, -0.2) is 4.98 Å². The summed E-state index contributed by atoms with van der Waals surface area (Å²) in [6, 6.07) is 9.79. The first-order valence-electron chi connectivity index (χ1n) is 9.12. The second kappa shape index (κ2) is 7.17. The van der Waals surface area contributed by atoms with Crippen molar-refractivity contribution in [2.75, 3.05) is 37.8 Å². The van der Waals surface area contributed by atoms with Gasteiger partial charge in [-0.1, -0.05) is 0 Å². The molecule has 1 aromatic carbocycles. The molecule has 0 aliphatic carbocycles. The van der Waals surface area contributed by atoms with Crippen LogP contribution in [0.15, 0.2) is 36.5 Å². The maximum Gasteiger partial charge on any atom is 0.129 e. The minimum Gasteiger partial charge on any atom is -0.491 e. The van der Waals surface area contributed by atoms with Gasteiger partial charge < -0.3 is 19.5 Å². The molecule has 142 valence electrons. The van der Waals surface area contributed by atoms with Gasteiger partial charge in [-0.15, -0.1) is 0 Å². The van der Waals surface area contributed by atoms with Crippen molar-refractivity contribution in [2.45, 2.75) is 19.4 Å². The Hall–Kier alpha value is -2.64. The average molecular weight is 368 g/mol. The number of aromatic nitrogens is 3. The summed E-state index contributed by atoms with van der Waals surface area (Å²) in [6.07, 6.45) is 1.81. The van der Waals surface area contributed by atoms with E-state index in [-0.39, 0.29) is 6.61 Å². The van der Waals surface area contributed by atoms with E-state index in [1.54, 1.807) is 13.8 Å². The number of hydrogen-bond acceptors (Lipinski definition) is 6. The van der Waals surface area contributed by atoms with Crippen LogP contribution in [-0.4, -0.2) is 58.8 Å². The van der Waals surface area contributed by atoms with Crippen LogP contribution in [0.25, 0.3) is 22.2 Å². The van der Waals surface area contributed by atoms with Crippen LogP contribution in [0, 0.1) is 0 Å². The molecule has 0 amide bonds. The SMILES string of the molecule is CC(C)(O)COc1ccc2[nH]nc(-c3ccnc(N4CCOCC4)c3)c2c1. The lowest BCUT2D eigenvalue weighted by atomic mass is 10.1. The van der Waals surface area contributed by atoms with Gasteiger partial charge in [-0.3, -0.25) is 5.10 Å². The standard InChI is InChI=1S/C20H24N4O3/c1-20(2,25)13-27-15-3-4-17-16(12-15)19(23-22-17)14-5-6-21-18(11-14)24-7-9-26-10-8-24/h3-6,11-12,25H,7-10,13H2,1-2H3,(H,22,23). The normalized spacial score (nSPS) is 15.3. The van der Waals surface area contributed by atoms with Gasteiger partial charge in [0.1, 0.15) is 23.9 Å². The quantitative estimate of drug-likeness (QED) is 0.720. The third-order valence-corrected chi connectivity index (χ3v) is 4.48. The fourth-order valence-electron chi connectivity index (χ4n) is 3.09. The molecule has 1 saturated heterocycles. The molecule has 0 radical (unpaired) electrons. The van der Waals surface area contributed by atoms with E-state index < -0.39 is 5.60 Å². The highest BCUT2D eigenvalue weighted by molar-refractivity contribution is 5.94. The van der Waals surface area contributed by atoms with Crippen molar-refractivity contribution in [1.29, 1.82) is 0 Å². The molecule has 0 atom stereocenters. The molecule has 1 aliphatic heterocycles. The molecule has 4 rings (SSSR count). The number of benzene rings is 1. The smallest absolute Gasteiger partial charge is 0.129 e. The number of ether oxygens (including phenoxy) is 2. The number of nitrogens with one attached hydrogen (secondary N) is 1. The molecule has 0 unspecified atom stereocenters. The number of H-pyrrole nitrogens is 1. The fraction of sp³-hybridized carbons (Fsp3) is 0.400. The Morgan fingerprint density at radius 3 is 2.81 bits per heavy atom. The lowest BCUT2D eigenvalue weighted by Crippen LogP contribution is -2.36. The molecule has 3 aromatic rings. The molecule has 1 aliphatic rings. The lowest BCUT2D eigenvalue weighted by molar-refractivity contribution is 0.0285. The van der Waals surface area contributed by atoms with Crippen LogP contribution in [0.4, 0.5) is 5.82 Å². The monoisotopic (exact) mass is 368 g/mol. The maximum atomic E-state index is 9.88. The van der Waals surface area contributed by atoms with Gasteiger partial charge >= 0.3 is 0 Å². The number of nitrogens with zero attached hydrogens (tertiary/aromatic N) is 3. The summed E-state index contributed by atoms with van der Waals surface area (Å²) in [5.74, 6) is 1.64. The Balaban J connectivity index is 1.65. The summed E-state index contributed by atoms with van der Waals surface area (Å²) in [6.45, 7) is 6.79. The van der Waals surface area contributed by atoms with Crippen molar-refractivity contribution in [2.24, 2.45) is 0 Å². The predicted octanol–water partition coefficient (Wildman–Crippen LogP) is 2.61. The zero-order chi connectivity index (χ0) is 18.9. The number of morpholine rings is 1. The molecule has 0 bridgehead atoms. The van der Waals surface area contributed by atoms with E-state index in [0.717, 1.165) is 54.3 Å². The zero-order valence-corrected chi connectivity index (χ0v) is 15.6. The molecule has 2 N–H and O–H groups in total. The number of aromatic amines is 1. The third-order valence-electron chi connectivity index (χ3n) is 4.48. The summed E-state index contributed by atoms with van der Waals surface area (Å²) in [7, 11) is 0. The number of pyridine rings is 1. The molecule has 7 heteroatoms. The maximum absolute atomic E-state index is 9.88. The van der Waals surface area contributed by atoms with Crippen molar-refractivity contribution in [3.63, 3.8) is 0 Å². The van der Waals surface area contributed by atoms with Crippen LogP contribution in [0.3, 0.4) is 0 Å². The largest absolute Gasteiger partial charge is 0.491 e. The van der Waals surface area contributed by atoms with Crippen molar-refractivity contribution < 1.29 is 14.6 Å². The topological polar surface area (TPSA) is 83.5 Å². The van der Waals surface area contributed by atoms with Crippen LogP contribution in [0.1, 0.15) is 13.8 Å². The molecular formula is C20H24N4O3. The number of aliphatic hydroxyl groups is 1. The molecule has 7 nitrogen and oxygen atoms in total. The van der Waals surface area contributed by atoms with Crippen molar-refractivity contribution >= 4 is 16.7 Å². The number of anilines is 1. The number of rotatable bonds is 5. The van der Waals surface area contributed by atoms with E-state index in [1.807, 2.05) is 30.5 Å². The molecule has 2 aromatic heterocycles. The Morgan fingerprint density at radius 1 is 1.22 bits per heavy atom. The van der Waals surface area contributed by atoms with Crippen LogP contribution < -0.4 is 9.64 Å².